The third-order valence-corrected chi connectivity index (χ3v) is 10.5. The van der Waals surface area contributed by atoms with E-state index in [0.717, 1.165) is 12.8 Å². The first kappa shape index (κ1) is 23.4. The van der Waals surface area contributed by atoms with Crippen LogP contribution >= 0.6 is 0 Å². The molecule has 4 aliphatic carbocycles. The summed E-state index contributed by atoms with van der Waals surface area (Å²) < 4.78 is 0. The summed E-state index contributed by atoms with van der Waals surface area (Å²) in [6.07, 6.45) is 2.56. The number of aliphatic carboxylic acids is 1. The van der Waals surface area contributed by atoms with E-state index < -0.39 is 35.8 Å². The third-order valence-electron chi connectivity index (χ3n) is 10.5. The van der Waals surface area contributed by atoms with Crippen molar-refractivity contribution in [2.45, 2.75) is 96.6 Å². The number of aliphatic hydroxyl groups is 3. The molecule has 4 rings (SSSR count). The maximum Gasteiger partial charge on any atom is 0.303 e. The first-order chi connectivity index (χ1) is 14.5. The van der Waals surface area contributed by atoms with Gasteiger partial charge in [-0.05, 0) is 79.4 Å². The SMILES string of the molecule is C[C@H](CCC(=O)O)[C@H]1CCC2C3C(C[C@H](O)[C@@]21C)[C@@]1(C)C(OO)C[C@@H](O)C[C@H]1C[C@H]3O. The molecule has 4 saturated carbocycles. The lowest BCUT2D eigenvalue weighted by Gasteiger charge is -2.64. The number of hydrogen-bond acceptors (Lipinski definition) is 6. The predicted octanol–water partition coefficient (Wildman–Crippen LogP) is 2.92. The lowest BCUT2D eigenvalue weighted by molar-refractivity contribution is -0.345. The quantitative estimate of drug-likeness (QED) is 0.328. The average Bonchev–Trinajstić information content (AvgIpc) is 3.06. The Hall–Kier alpha value is -0.730. The molecule has 0 aliphatic heterocycles. The average molecular weight is 441 g/mol. The molecular formula is C24H40O7. The van der Waals surface area contributed by atoms with Gasteiger partial charge in [-0.3, -0.25) is 10.1 Å². The van der Waals surface area contributed by atoms with Crippen molar-refractivity contribution >= 4 is 5.97 Å². The largest absolute Gasteiger partial charge is 0.481 e. The Kier molecular flexibility index (Phi) is 6.23. The number of carbonyl (C=O) groups is 1. The molecule has 4 unspecified atom stereocenters. The first-order valence-electron chi connectivity index (χ1n) is 12.1. The van der Waals surface area contributed by atoms with Crippen LogP contribution in [0.1, 0.15) is 72.1 Å². The molecule has 4 aliphatic rings. The Morgan fingerprint density at radius 3 is 2.39 bits per heavy atom. The summed E-state index contributed by atoms with van der Waals surface area (Å²) in [5, 5.41) is 52.0. The maximum absolute atomic E-state index is 11.5. The molecule has 12 atom stereocenters. The van der Waals surface area contributed by atoms with Gasteiger partial charge in [0, 0.05) is 18.3 Å². The molecule has 7 nitrogen and oxygen atoms in total. The van der Waals surface area contributed by atoms with Crippen molar-refractivity contribution in [3.63, 3.8) is 0 Å². The number of aliphatic hydroxyl groups excluding tert-OH is 3. The van der Waals surface area contributed by atoms with Crippen LogP contribution in [0.25, 0.3) is 0 Å². The number of fused-ring (bicyclic) bond motifs is 5. The van der Waals surface area contributed by atoms with Crippen molar-refractivity contribution < 1.29 is 35.4 Å². The zero-order chi connectivity index (χ0) is 22.7. The Morgan fingerprint density at radius 2 is 1.74 bits per heavy atom. The molecule has 0 bridgehead atoms. The molecule has 178 valence electrons. The zero-order valence-corrected chi connectivity index (χ0v) is 19.0. The maximum atomic E-state index is 11.5. The van der Waals surface area contributed by atoms with Gasteiger partial charge in [0.1, 0.15) is 6.10 Å². The van der Waals surface area contributed by atoms with E-state index in [2.05, 4.69) is 20.8 Å². The lowest BCUT2D eigenvalue weighted by atomic mass is 9.42. The summed E-state index contributed by atoms with van der Waals surface area (Å²) >= 11 is 0. The van der Waals surface area contributed by atoms with E-state index in [9.17, 15) is 25.4 Å². The van der Waals surface area contributed by atoms with Gasteiger partial charge in [-0.1, -0.05) is 20.8 Å². The highest BCUT2D eigenvalue weighted by molar-refractivity contribution is 5.66. The first-order valence-corrected chi connectivity index (χ1v) is 12.1. The number of carboxylic acids is 1. The van der Waals surface area contributed by atoms with Crippen LogP contribution in [0.5, 0.6) is 0 Å². The molecule has 0 amide bonds. The van der Waals surface area contributed by atoms with Crippen LogP contribution in [0, 0.1) is 46.3 Å². The number of carboxylic acid groups (broad SMARTS) is 1. The van der Waals surface area contributed by atoms with E-state index in [-0.39, 0.29) is 47.3 Å². The van der Waals surface area contributed by atoms with Gasteiger partial charge in [-0.15, -0.1) is 0 Å². The van der Waals surface area contributed by atoms with Gasteiger partial charge in [-0.2, -0.15) is 0 Å². The summed E-state index contributed by atoms with van der Waals surface area (Å²) in [5.74, 6) is -0.160. The fourth-order valence-electron chi connectivity index (χ4n) is 8.88. The van der Waals surface area contributed by atoms with Crippen molar-refractivity contribution in [1.82, 2.24) is 0 Å². The molecule has 4 fully saturated rings. The highest BCUT2D eigenvalue weighted by atomic mass is 17.1. The Bertz CT molecular complexity index is 685. The van der Waals surface area contributed by atoms with Crippen LogP contribution in [0.15, 0.2) is 0 Å². The van der Waals surface area contributed by atoms with Crippen molar-refractivity contribution in [3.05, 3.63) is 0 Å². The summed E-state index contributed by atoms with van der Waals surface area (Å²) in [5.41, 5.74) is -0.764. The van der Waals surface area contributed by atoms with Gasteiger partial charge in [-0.25, -0.2) is 4.89 Å². The van der Waals surface area contributed by atoms with E-state index in [1.807, 2.05) is 0 Å². The predicted molar refractivity (Wildman–Crippen MR) is 113 cm³/mol. The molecule has 0 saturated heterocycles. The van der Waals surface area contributed by atoms with E-state index in [1.54, 1.807) is 0 Å². The molecule has 31 heavy (non-hydrogen) atoms. The smallest absolute Gasteiger partial charge is 0.303 e. The van der Waals surface area contributed by atoms with Crippen LogP contribution < -0.4 is 0 Å². The summed E-state index contributed by atoms with van der Waals surface area (Å²) in [7, 11) is 0. The normalized spacial score (nSPS) is 52.7. The van der Waals surface area contributed by atoms with Crippen molar-refractivity contribution in [3.8, 4) is 0 Å². The summed E-state index contributed by atoms with van der Waals surface area (Å²) in [4.78, 5) is 16.0. The molecule has 0 aromatic heterocycles. The second-order valence-electron chi connectivity index (χ2n) is 11.6. The van der Waals surface area contributed by atoms with Gasteiger partial charge in [0.15, 0.2) is 0 Å². The van der Waals surface area contributed by atoms with Gasteiger partial charge >= 0.3 is 5.97 Å². The molecule has 0 radical (unpaired) electrons. The van der Waals surface area contributed by atoms with E-state index in [1.165, 1.54) is 0 Å². The van der Waals surface area contributed by atoms with Gasteiger partial charge in [0.05, 0.1) is 18.3 Å². The fraction of sp³-hybridized carbons (Fsp3) is 0.958. The number of rotatable bonds is 5. The number of hydrogen-bond donors (Lipinski definition) is 5. The minimum Gasteiger partial charge on any atom is -0.481 e. The Labute approximate surface area is 184 Å². The third kappa shape index (κ3) is 3.46. The van der Waals surface area contributed by atoms with Crippen LogP contribution in [0.2, 0.25) is 0 Å². The van der Waals surface area contributed by atoms with Gasteiger partial charge in [0.25, 0.3) is 0 Å². The van der Waals surface area contributed by atoms with Crippen LogP contribution in [-0.4, -0.2) is 56.1 Å². The minimum absolute atomic E-state index is 0.00653. The van der Waals surface area contributed by atoms with Crippen molar-refractivity contribution in [1.29, 1.82) is 0 Å². The summed E-state index contributed by atoms with van der Waals surface area (Å²) in [6, 6.07) is 0. The zero-order valence-electron chi connectivity index (χ0n) is 19.0. The van der Waals surface area contributed by atoms with Crippen molar-refractivity contribution in [2.75, 3.05) is 0 Å². The molecule has 0 heterocycles. The second kappa shape index (κ2) is 8.24. The molecule has 0 aromatic rings. The topological polar surface area (TPSA) is 127 Å². The van der Waals surface area contributed by atoms with E-state index in [4.69, 9.17) is 9.99 Å². The van der Waals surface area contributed by atoms with E-state index in [0.29, 0.717) is 32.1 Å². The molecular weight excluding hydrogens is 400 g/mol. The monoisotopic (exact) mass is 440 g/mol. The summed E-state index contributed by atoms with van der Waals surface area (Å²) in [6.45, 7) is 6.37. The Morgan fingerprint density at radius 1 is 1.03 bits per heavy atom. The molecule has 7 heteroatoms. The second-order valence-corrected chi connectivity index (χ2v) is 11.6. The van der Waals surface area contributed by atoms with Gasteiger partial charge < -0.3 is 20.4 Å². The molecule has 0 spiro atoms. The minimum atomic E-state index is -0.785. The van der Waals surface area contributed by atoms with Gasteiger partial charge in [0.2, 0.25) is 0 Å². The Balaban J connectivity index is 1.65. The highest BCUT2D eigenvalue weighted by Gasteiger charge is 2.67. The van der Waals surface area contributed by atoms with Crippen molar-refractivity contribution in [2.24, 2.45) is 46.3 Å². The van der Waals surface area contributed by atoms with Crippen LogP contribution in [0.3, 0.4) is 0 Å². The van der Waals surface area contributed by atoms with Crippen LogP contribution in [-0.2, 0) is 9.68 Å². The van der Waals surface area contributed by atoms with E-state index >= 15 is 0 Å². The fourth-order valence-corrected chi connectivity index (χ4v) is 8.88. The standard InChI is InChI=1S/C24H40O7/c1-12(4-7-21(28)29)15-5-6-16-22-17(11-19(27)24(15,16)3)23(2)13(9-18(22)26)8-14(25)10-20(23)31-30/h12-20,22,25-27,30H,4-11H2,1-3H3,(H,28,29)/t12-,13+,14+,15-,16?,17?,18-,19+,20?,22?,23+,24-/m1/s1. The molecule has 0 aromatic carbocycles. The lowest BCUT2D eigenvalue weighted by Crippen LogP contribution is -2.65. The molecule has 5 N–H and O–H groups in total. The highest BCUT2D eigenvalue weighted by Crippen LogP contribution is 2.68. The van der Waals surface area contributed by atoms with Crippen LogP contribution in [0.4, 0.5) is 0 Å².